The monoisotopic (exact) mass is 192 g/mol. The van der Waals surface area contributed by atoms with Crippen molar-refractivity contribution in [1.29, 1.82) is 0 Å². The van der Waals surface area contributed by atoms with Crippen molar-refractivity contribution >= 4 is 11.6 Å². The van der Waals surface area contributed by atoms with Crippen molar-refractivity contribution < 1.29 is 4.52 Å². The molecule has 0 aromatic carbocycles. The Labute approximate surface area is 82.0 Å². The van der Waals surface area contributed by atoms with E-state index in [4.69, 9.17) is 5.73 Å². The second kappa shape index (κ2) is 3.25. The van der Waals surface area contributed by atoms with E-state index in [0.29, 0.717) is 5.95 Å². The molecule has 5 heteroatoms. The molecule has 0 atom stereocenters. The van der Waals surface area contributed by atoms with Crippen LogP contribution < -0.4 is 10.2 Å². The maximum Gasteiger partial charge on any atom is 0.301 e. The Kier molecular flexibility index (Phi) is 2.07. The lowest BCUT2D eigenvalue weighted by molar-refractivity contribution is -0.589. The average Bonchev–Trinajstić information content (AvgIpc) is 2.45. The Morgan fingerprint density at radius 1 is 1.50 bits per heavy atom. The Balaban J connectivity index is 2.66. The molecule has 0 unspecified atom stereocenters. The molecule has 5 nitrogen and oxygen atoms in total. The maximum absolute atomic E-state index is 5.59. The first kappa shape index (κ1) is 8.93. The van der Waals surface area contributed by atoms with Crippen molar-refractivity contribution in [2.75, 3.05) is 5.73 Å². The quantitative estimate of drug-likeness (QED) is 0.676. The molecular formula is C9H14N5+. The number of nitrogens with two attached hydrogens (primary N) is 1. The Morgan fingerprint density at radius 3 is 3.00 bits per heavy atom. The second-order valence-corrected chi connectivity index (χ2v) is 3.37. The van der Waals surface area contributed by atoms with Crippen molar-refractivity contribution in [2.24, 2.45) is 0 Å². The second-order valence-electron chi connectivity index (χ2n) is 3.37. The number of hydrogen-bond acceptors (Lipinski definition) is 3. The lowest BCUT2D eigenvalue weighted by atomic mass is 10.3. The van der Waals surface area contributed by atoms with Crippen LogP contribution in [0.25, 0.3) is 5.65 Å². The molecule has 0 amide bonds. The van der Waals surface area contributed by atoms with E-state index in [1.54, 1.807) is 0 Å². The van der Waals surface area contributed by atoms with Crippen LogP contribution in [-0.4, -0.2) is 15.1 Å². The van der Waals surface area contributed by atoms with E-state index in [-0.39, 0.29) is 0 Å². The molecule has 74 valence electrons. The van der Waals surface area contributed by atoms with Crippen LogP contribution in [0.5, 0.6) is 0 Å². The first-order chi connectivity index (χ1) is 6.70. The van der Waals surface area contributed by atoms with E-state index < -0.39 is 0 Å². The lowest BCUT2D eigenvalue weighted by Crippen LogP contribution is -2.31. The van der Waals surface area contributed by atoms with Gasteiger partial charge in [-0.2, -0.15) is 5.10 Å². The number of nitrogens with one attached hydrogen (secondary N) is 1. The van der Waals surface area contributed by atoms with Crippen LogP contribution in [0.2, 0.25) is 0 Å². The standard InChI is InChI=1S/C9H13N5/c1-3-4-7-11-6(2)5-8-12-9(10)13-14(7)8/h5H,3-4H2,1-2H3,(H2,10,13)/p+1. The van der Waals surface area contributed by atoms with Crippen molar-refractivity contribution in [3.8, 4) is 0 Å². The van der Waals surface area contributed by atoms with E-state index in [2.05, 4.69) is 22.0 Å². The Morgan fingerprint density at radius 2 is 2.29 bits per heavy atom. The molecule has 14 heavy (non-hydrogen) atoms. The van der Waals surface area contributed by atoms with Crippen LogP contribution in [0.4, 0.5) is 5.95 Å². The molecule has 0 saturated carbocycles. The summed E-state index contributed by atoms with van der Waals surface area (Å²) in [6.45, 7) is 4.08. The smallest absolute Gasteiger partial charge is 0.301 e. The molecule has 0 saturated heterocycles. The van der Waals surface area contributed by atoms with Gasteiger partial charge in [0.05, 0.1) is 6.07 Å². The summed E-state index contributed by atoms with van der Waals surface area (Å²) in [5.74, 6) is 1.40. The van der Waals surface area contributed by atoms with E-state index in [0.717, 1.165) is 30.0 Å². The topological polar surface area (TPSA) is 71.7 Å². The van der Waals surface area contributed by atoms with Crippen LogP contribution in [0.15, 0.2) is 6.07 Å². The molecule has 0 radical (unpaired) electrons. The van der Waals surface area contributed by atoms with Gasteiger partial charge in [-0.15, -0.1) is 9.50 Å². The molecule has 0 aliphatic carbocycles. The summed E-state index contributed by atoms with van der Waals surface area (Å²) < 4.78 is 1.84. The number of rotatable bonds is 2. The summed E-state index contributed by atoms with van der Waals surface area (Å²) in [6, 6.07) is 1.91. The maximum atomic E-state index is 5.59. The number of anilines is 1. The minimum Gasteiger partial charge on any atom is -0.353 e. The van der Waals surface area contributed by atoms with Crippen LogP contribution in [0.1, 0.15) is 24.9 Å². The molecule has 2 heterocycles. The summed E-state index contributed by atoms with van der Waals surface area (Å²) >= 11 is 0. The third kappa shape index (κ3) is 1.41. The van der Waals surface area contributed by atoms with Crippen molar-refractivity contribution in [1.82, 2.24) is 15.1 Å². The zero-order valence-corrected chi connectivity index (χ0v) is 8.41. The molecule has 0 spiro atoms. The minimum atomic E-state index is 0.426. The number of H-pyrrole nitrogens is 1. The van der Waals surface area contributed by atoms with E-state index in [1.807, 2.05) is 17.5 Å². The summed E-state index contributed by atoms with van der Waals surface area (Å²) in [6.07, 6.45) is 1.97. The SMILES string of the molecule is CCCc1nc(C)cc2nc(N)[nH][n+]12. The van der Waals surface area contributed by atoms with Gasteiger partial charge in [0.2, 0.25) is 0 Å². The van der Waals surface area contributed by atoms with Crippen LogP contribution in [-0.2, 0) is 6.42 Å². The molecule has 0 fully saturated rings. The fraction of sp³-hybridized carbons (Fsp3) is 0.444. The van der Waals surface area contributed by atoms with Crippen LogP contribution in [0, 0.1) is 6.92 Å². The highest BCUT2D eigenvalue weighted by atomic mass is 15.3. The zero-order chi connectivity index (χ0) is 10.1. The van der Waals surface area contributed by atoms with Crippen molar-refractivity contribution in [3.63, 3.8) is 0 Å². The van der Waals surface area contributed by atoms with Gasteiger partial charge in [0.1, 0.15) is 5.69 Å². The van der Waals surface area contributed by atoms with Gasteiger partial charge in [-0.1, -0.05) is 11.9 Å². The van der Waals surface area contributed by atoms with E-state index in [9.17, 15) is 0 Å². The van der Waals surface area contributed by atoms with Crippen LogP contribution in [0.3, 0.4) is 0 Å². The summed E-state index contributed by atoms with van der Waals surface area (Å²) in [7, 11) is 0. The number of fused-ring (bicyclic) bond motifs is 1. The molecule has 0 aliphatic heterocycles. The number of aromatic nitrogens is 4. The molecule has 2 aromatic rings. The third-order valence-electron chi connectivity index (χ3n) is 2.07. The number of hydrogen-bond donors (Lipinski definition) is 2. The summed E-state index contributed by atoms with van der Waals surface area (Å²) in [4.78, 5) is 8.60. The number of nitrogen functional groups attached to an aromatic ring is 1. The average molecular weight is 192 g/mol. The molecule has 0 bridgehead atoms. The van der Waals surface area contributed by atoms with Gasteiger partial charge < -0.3 is 5.73 Å². The minimum absolute atomic E-state index is 0.426. The van der Waals surface area contributed by atoms with Gasteiger partial charge in [0.15, 0.2) is 0 Å². The molecule has 2 rings (SSSR count). The predicted molar refractivity (Wildman–Crippen MR) is 52.7 cm³/mol. The van der Waals surface area contributed by atoms with Gasteiger partial charge in [-0.05, 0) is 13.3 Å². The normalized spacial score (nSPS) is 11.0. The molecular weight excluding hydrogens is 178 g/mol. The number of nitrogens with zero attached hydrogens (tertiary/aromatic N) is 3. The first-order valence-electron chi connectivity index (χ1n) is 4.74. The summed E-state index contributed by atoms with van der Waals surface area (Å²) in [5, 5.41) is 2.96. The molecule has 0 aliphatic rings. The van der Waals surface area contributed by atoms with Crippen molar-refractivity contribution in [3.05, 3.63) is 17.6 Å². The Bertz CT molecular complexity index is 459. The van der Waals surface area contributed by atoms with Crippen molar-refractivity contribution in [2.45, 2.75) is 26.7 Å². The van der Waals surface area contributed by atoms with E-state index >= 15 is 0 Å². The van der Waals surface area contributed by atoms with Gasteiger partial charge in [0.25, 0.3) is 11.5 Å². The third-order valence-corrected chi connectivity index (χ3v) is 2.07. The first-order valence-corrected chi connectivity index (χ1v) is 4.74. The highest BCUT2D eigenvalue weighted by molar-refractivity contribution is 5.34. The fourth-order valence-corrected chi connectivity index (χ4v) is 1.53. The number of aryl methyl sites for hydroxylation is 2. The van der Waals surface area contributed by atoms with Gasteiger partial charge in [-0.3, -0.25) is 0 Å². The predicted octanol–water partition coefficient (Wildman–Crippen LogP) is 0.387. The molecule has 2 aromatic heterocycles. The van der Waals surface area contributed by atoms with Gasteiger partial charge in [-0.25, -0.2) is 0 Å². The molecule has 3 N–H and O–H groups in total. The fourth-order valence-electron chi connectivity index (χ4n) is 1.53. The largest absolute Gasteiger partial charge is 0.353 e. The highest BCUT2D eigenvalue weighted by Crippen LogP contribution is 2.01. The summed E-state index contributed by atoms with van der Waals surface area (Å²) in [5.41, 5.74) is 7.39. The van der Waals surface area contributed by atoms with Gasteiger partial charge in [0, 0.05) is 6.42 Å². The number of aromatic amines is 1. The van der Waals surface area contributed by atoms with Gasteiger partial charge >= 0.3 is 5.95 Å². The highest BCUT2D eigenvalue weighted by Gasteiger charge is 2.14. The van der Waals surface area contributed by atoms with E-state index in [1.165, 1.54) is 0 Å². The lowest BCUT2D eigenvalue weighted by Gasteiger charge is -1.94. The zero-order valence-electron chi connectivity index (χ0n) is 8.41. The van der Waals surface area contributed by atoms with Crippen LogP contribution >= 0.6 is 0 Å². The Hall–Kier alpha value is -1.65.